The summed E-state index contributed by atoms with van der Waals surface area (Å²) in [4.78, 5) is 23.4. The van der Waals surface area contributed by atoms with Crippen molar-refractivity contribution < 1.29 is 9.90 Å². The van der Waals surface area contributed by atoms with Crippen molar-refractivity contribution in [1.82, 2.24) is 9.88 Å². The lowest BCUT2D eigenvalue weighted by Crippen LogP contribution is -2.34. The van der Waals surface area contributed by atoms with Gasteiger partial charge in [0.1, 0.15) is 6.54 Å². The summed E-state index contributed by atoms with van der Waals surface area (Å²) in [7, 11) is 0. The fraction of sp³-hybridized carbons (Fsp3) is 0.200. The van der Waals surface area contributed by atoms with Crippen LogP contribution in [0, 0.1) is 0 Å². The van der Waals surface area contributed by atoms with Crippen molar-refractivity contribution in [1.29, 1.82) is 0 Å². The van der Waals surface area contributed by atoms with Crippen molar-refractivity contribution in [2.45, 2.75) is 12.6 Å². The summed E-state index contributed by atoms with van der Waals surface area (Å²) in [6.45, 7) is 0.0192. The van der Waals surface area contributed by atoms with Crippen LogP contribution >= 0.6 is 15.9 Å². The second kappa shape index (κ2) is 7.19. The van der Waals surface area contributed by atoms with Crippen LogP contribution in [0.15, 0.2) is 57.9 Å². The summed E-state index contributed by atoms with van der Waals surface area (Å²) >= 11 is 3.25. The minimum atomic E-state index is -0.769. The third kappa shape index (κ3) is 4.54. The molecule has 1 unspecified atom stereocenters. The Hall–Kier alpha value is -1.92. The van der Waals surface area contributed by atoms with Crippen molar-refractivity contribution in [3.63, 3.8) is 0 Å². The van der Waals surface area contributed by atoms with Gasteiger partial charge in [0, 0.05) is 23.3 Å². The molecule has 1 aromatic heterocycles. The Balaban J connectivity index is 1.91. The Morgan fingerprint density at radius 2 is 1.95 bits per heavy atom. The molecule has 0 spiro atoms. The molecule has 1 amide bonds. The van der Waals surface area contributed by atoms with Gasteiger partial charge in [0.2, 0.25) is 5.91 Å². The number of carbonyl (C=O) groups is 1. The van der Waals surface area contributed by atoms with Gasteiger partial charge in [-0.05, 0) is 27.6 Å². The van der Waals surface area contributed by atoms with E-state index in [2.05, 4.69) is 21.2 Å². The molecule has 2 N–H and O–H groups in total. The van der Waals surface area contributed by atoms with E-state index in [0.29, 0.717) is 0 Å². The molecule has 0 saturated heterocycles. The molecule has 5 nitrogen and oxygen atoms in total. The lowest BCUT2D eigenvalue weighted by molar-refractivity contribution is -0.122. The molecule has 110 valence electrons. The smallest absolute Gasteiger partial charge is 0.251 e. The predicted octanol–water partition coefficient (Wildman–Crippen LogP) is 1.46. The van der Waals surface area contributed by atoms with E-state index < -0.39 is 6.10 Å². The lowest BCUT2D eigenvalue weighted by Gasteiger charge is -2.12. The average molecular weight is 351 g/mol. The number of rotatable bonds is 5. The number of hydrogen-bond acceptors (Lipinski definition) is 3. The number of carbonyl (C=O) groups excluding carboxylic acids is 1. The van der Waals surface area contributed by atoms with Crippen molar-refractivity contribution >= 4 is 21.8 Å². The molecule has 0 saturated carbocycles. The number of hydrogen-bond donors (Lipinski definition) is 2. The maximum absolute atomic E-state index is 11.8. The topological polar surface area (TPSA) is 71.3 Å². The molecule has 1 atom stereocenters. The molecule has 2 rings (SSSR count). The summed E-state index contributed by atoms with van der Waals surface area (Å²) in [5.74, 6) is -0.329. The molecule has 0 aliphatic carbocycles. The molecule has 2 aromatic rings. The van der Waals surface area contributed by atoms with Crippen LogP contribution in [-0.2, 0) is 11.3 Å². The van der Waals surface area contributed by atoms with Crippen LogP contribution in [0.4, 0.5) is 0 Å². The van der Waals surface area contributed by atoms with Gasteiger partial charge in [-0.3, -0.25) is 9.59 Å². The zero-order chi connectivity index (χ0) is 15.2. The van der Waals surface area contributed by atoms with E-state index in [1.165, 1.54) is 10.6 Å². The first-order valence-corrected chi connectivity index (χ1v) is 7.21. The highest BCUT2D eigenvalue weighted by molar-refractivity contribution is 9.10. The van der Waals surface area contributed by atoms with Gasteiger partial charge in [0.15, 0.2) is 0 Å². The zero-order valence-electron chi connectivity index (χ0n) is 11.2. The van der Waals surface area contributed by atoms with Gasteiger partial charge < -0.3 is 15.0 Å². The van der Waals surface area contributed by atoms with Crippen LogP contribution < -0.4 is 10.9 Å². The normalized spacial score (nSPS) is 11.9. The Kier molecular flexibility index (Phi) is 5.30. The number of nitrogens with one attached hydrogen (secondary N) is 1. The van der Waals surface area contributed by atoms with Gasteiger partial charge in [-0.15, -0.1) is 0 Å². The van der Waals surface area contributed by atoms with Crippen LogP contribution in [-0.4, -0.2) is 22.1 Å². The zero-order valence-corrected chi connectivity index (χ0v) is 12.8. The first kappa shape index (κ1) is 15.5. The first-order chi connectivity index (χ1) is 10.1. The Bertz CT molecular complexity index is 670. The molecule has 6 heteroatoms. The molecule has 1 heterocycles. The lowest BCUT2D eigenvalue weighted by atomic mass is 10.1. The quantitative estimate of drug-likeness (QED) is 0.857. The van der Waals surface area contributed by atoms with Crippen LogP contribution in [0.2, 0.25) is 0 Å². The van der Waals surface area contributed by atoms with Crippen molar-refractivity contribution in [2.24, 2.45) is 0 Å². The third-order valence-electron chi connectivity index (χ3n) is 2.94. The molecule has 1 aromatic carbocycles. The van der Waals surface area contributed by atoms with Gasteiger partial charge in [0.05, 0.1) is 6.10 Å². The van der Waals surface area contributed by atoms with Crippen LogP contribution in [0.1, 0.15) is 11.7 Å². The Morgan fingerprint density at radius 1 is 1.24 bits per heavy atom. The van der Waals surface area contributed by atoms with Gasteiger partial charge in [0.25, 0.3) is 5.56 Å². The summed E-state index contributed by atoms with van der Waals surface area (Å²) < 4.78 is 2.02. The highest BCUT2D eigenvalue weighted by Gasteiger charge is 2.10. The number of halogens is 1. The molecular weight excluding hydrogens is 336 g/mol. The number of aromatic nitrogens is 1. The first-order valence-electron chi connectivity index (χ1n) is 6.42. The number of amides is 1. The second-order valence-electron chi connectivity index (χ2n) is 4.54. The number of pyridine rings is 1. The number of benzene rings is 1. The van der Waals surface area contributed by atoms with Crippen LogP contribution in [0.5, 0.6) is 0 Å². The van der Waals surface area contributed by atoms with Crippen molar-refractivity contribution in [3.8, 4) is 0 Å². The molecule has 21 heavy (non-hydrogen) atoms. The van der Waals surface area contributed by atoms with E-state index in [9.17, 15) is 14.7 Å². The highest BCUT2D eigenvalue weighted by atomic mass is 79.9. The van der Waals surface area contributed by atoms with Crippen molar-refractivity contribution in [3.05, 3.63) is 69.1 Å². The maximum atomic E-state index is 11.8. The largest absolute Gasteiger partial charge is 0.387 e. The molecular formula is C15H15BrN2O3. The van der Waals surface area contributed by atoms with E-state index in [1.807, 2.05) is 18.2 Å². The molecule has 0 fully saturated rings. The standard InChI is InChI=1S/C15H15BrN2O3/c16-12-6-7-15(21)18(9-12)10-14(20)17-8-13(19)11-4-2-1-3-5-11/h1-7,9,13,19H,8,10H2,(H,17,20). The Labute approximate surface area is 130 Å². The van der Waals surface area contributed by atoms with Gasteiger partial charge in [-0.2, -0.15) is 0 Å². The van der Waals surface area contributed by atoms with E-state index in [0.717, 1.165) is 10.0 Å². The van der Waals surface area contributed by atoms with E-state index in [-0.39, 0.29) is 24.6 Å². The van der Waals surface area contributed by atoms with Crippen LogP contribution in [0.3, 0.4) is 0 Å². The molecule has 0 bridgehead atoms. The highest BCUT2D eigenvalue weighted by Crippen LogP contribution is 2.10. The van der Waals surface area contributed by atoms with E-state index in [4.69, 9.17) is 0 Å². The minimum absolute atomic E-state index is 0.0835. The average Bonchev–Trinajstić information content (AvgIpc) is 2.49. The number of aliphatic hydroxyl groups excluding tert-OH is 1. The predicted molar refractivity (Wildman–Crippen MR) is 82.8 cm³/mol. The molecule has 0 aliphatic heterocycles. The monoisotopic (exact) mass is 350 g/mol. The van der Waals surface area contributed by atoms with Gasteiger partial charge in [-0.1, -0.05) is 30.3 Å². The number of aliphatic hydroxyl groups is 1. The summed E-state index contributed by atoms with van der Waals surface area (Å²) in [5.41, 5.74) is 0.481. The summed E-state index contributed by atoms with van der Waals surface area (Å²) in [5, 5.41) is 12.6. The minimum Gasteiger partial charge on any atom is -0.387 e. The van der Waals surface area contributed by atoms with E-state index >= 15 is 0 Å². The summed E-state index contributed by atoms with van der Waals surface area (Å²) in [6.07, 6.45) is 0.782. The van der Waals surface area contributed by atoms with E-state index in [1.54, 1.807) is 24.4 Å². The molecule has 0 aliphatic rings. The second-order valence-corrected chi connectivity index (χ2v) is 5.46. The molecule has 0 radical (unpaired) electrons. The number of nitrogens with zero attached hydrogens (tertiary/aromatic N) is 1. The fourth-order valence-corrected chi connectivity index (χ4v) is 2.22. The SMILES string of the molecule is O=C(Cn1cc(Br)ccc1=O)NCC(O)c1ccccc1. The van der Waals surface area contributed by atoms with Crippen LogP contribution in [0.25, 0.3) is 0 Å². The third-order valence-corrected chi connectivity index (χ3v) is 3.41. The summed E-state index contributed by atoms with van der Waals surface area (Å²) in [6, 6.07) is 12.1. The maximum Gasteiger partial charge on any atom is 0.251 e. The van der Waals surface area contributed by atoms with Gasteiger partial charge in [-0.25, -0.2) is 0 Å². The fourth-order valence-electron chi connectivity index (χ4n) is 1.84. The Morgan fingerprint density at radius 3 is 2.67 bits per heavy atom. The van der Waals surface area contributed by atoms with Crippen molar-refractivity contribution in [2.75, 3.05) is 6.54 Å². The van der Waals surface area contributed by atoms with Gasteiger partial charge >= 0.3 is 0 Å².